The normalized spacial score (nSPS) is 25.8. The SMILES string of the molecule is COC1NC(=O)C=C1C. The second-order valence-electron chi connectivity index (χ2n) is 2.01. The van der Waals surface area contributed by atoms with Gasteiger partial charge in [-0.05, 0) is 12.5 Å². The summed E-state index contributed by atoms with van der Waals surface area (Å²) in [6, 6.07) is 0. The van der Waals surface area contributed by atoms with Crippen molar-refractivity contribution < 1.29 is 9.53 Å². The van der Waals surface area contributed by atoms with Crippen LogP contribution >= 0.6 is 0 Å². The molecular formula is C6H9NO2. The van der Waals surface area contributed by atoms with Gasteiger partial charge < -0.3 is 10.1 Å². The summed E-state index contributed by atoms with van der Waals surface area (Å²) in [7, 11) is 1.56. The Kier molecular flexibility index (Phi) is 1.53. The third kappa shape index (κ3) is 1.10. The van der Waals surface area contributed by atoms with Gasteiger partial charge in [0.1, 0.15) is 0 Å². The highest BCUT2D eigenvalue weighted by Gasteiger charge is 2.18. The zero-order valence-corrected chi connectivity index (χ0v) is 5.47. The van der Waals surface area contributed by atoms with Crippen LogP contribution in [-0.2, 0) is 9.53 Å². The Hall–Kier alpha value is -0.830. The number of nitrogens with one attached hydrogen (secondary N) is 1. The fourth-order valence-corrected chi connectivity index (χ4v) is 0.812. The smallest absolute Gasteiger partial charge is 0.246 e. The van der Waals surface area contributed by atoms with Crippen LogP contribution < -0.4 is 5.32 Å². The minimum absolute atomic E-state index is 0.0700. The second kappa shape index (κ2) is 2.19. The first kappa shape index (κ1) is 6.29. The molecule has 0 bridgehead atoms. The van der Waals surface area contributed by atoms with E-state index < -0.39 is 0 Å². The molecule has 9 heavy (non-hydrogen) atoms. The Balaban J connectivity index is 2.64. The van der Waals surface area contributed by atoms with E-state index in [1.807, 2.05) is 6.92 Å². The van der Waals surface area contributed by atoms with Crippen LogP contribution in [0.1, 0.15) is 6.92 Å². The molecule has 1 heterocycles. The molecule has 3 heteroatoms. The lowest BCUT2D eigenvalue weighted by atomic mass is 10.3. The Bertz CT molecular complexity index is 162. The quantitative estimate of drug-likeness (QED) is 0.540. The number of carbonyl (C=O) groups excluding carboxylic acids is 1. The number of hydrogen-bond donors (Lipinski definition) is 1. The number of rotatable bonds is 1. The van der Waals surface area contributed by atoms with E-state index in [1.165, 1.54) is 6.08 Å². The van der Waals surface area contributed by atoms with Crippen molar-refractivity contribution in [1.29, 1.82) is 0 Å². The summed E-state index contributed by atoms with van der Waals surface area (Å²) >= 11 is 0. The van der Waals surface area contributed by atoms with Crippen LogP contribution in [0.15, 0.2) is 11.6 Å². The highest BCUT2D eigenvalue weighted by atomic mass is 16.5. The van der Waals surface area contributed by atoms with Crippen molar-refractivity contribution in [3.63, 3.8) is 0 Å². The molecule has 1 unspecified atom stereocenters. The summed E-state index contributed by atoms with van der Waals surface area (Å²) in [6.45, 7) is 1.85. The highest BCUT2D eigenvalue weighted by Crippen LogP contribution is 2.07. The molecule has 0 fully saturated rings. The van der Waals surface area contributed by atoms with E-state index in [1.54, 1.807) is 7.11 Å². The topological polar surface area (TPSA) is 38.3 Å². The number of ether oxygens (including phenoxy) is 1. The van der Waals surface area contributed by atoms with Gasteiger partial charge >= 0.3 is 0 Å². The molecule has 1 aliphatic heterocycles. The molecule has 1 atom stereocenters. The summed E-state index contributed by atoms with van der Waals surface area (Å²) in [5.74, 6) is -0.0700. The minimum atomic E-state index is -0.197. The zero-order chi connectivity index (χ0) is 6.85. The van der Waals surface area contributed by atoms with Gasteiger partial charge in [-0.2, -0.15) is 0 Å². The summed E-state index contributed by atoms with van der Waals surface area (Å²) < 4.78 is 4.89. The number of methoxy groups -OCH3 is 1. The van der Waals surface area contributed by atoms with Crippen LogP contribution in [0.5, 0.6) is 0 Å². The van der Waals surface area contributed by atoms with Gasteiger partial charge in [0.2, 0.25) is 5.91 Å². The molecule has 1 rings (SSSR count). The lowest BCUT2D eigenvalue weighted by Gasteiger charge is -2.08. The first-order valence-corrected chi connectivity index (χ1v) is 2.75. The van der Waals surface area contributed by atoms with Crippen LogP contribution in [0.25, 0.3) is 0 Å². The summed E-state index contributed by atoms with van der Waals surface area (Å²) in [5.41, 5.74) is 0.933. The molecule has 50 valence electrons. The third-order valence-corrected chi connectivity index (χ3v) is 1.28. The fourth-order valence-electron chi connectivity index (χ4n) is 0.812. The Morgan fingerprint density at radius 1 is 1.78 bits per heavy atom. The molecule has 1 N–H and O–H groups in total. The molecule has 1 aliphatic rings. The lowest BCUT2D eigenvalue weighted by Crippen LogP contribution is -2.29. The van der Waals surface area contributed by atoms with E-state index in [0.717, 1.165) is 5.57 Å². The van der Waals surface area contributed by atoms with Gasteiger partial charge in [-0.1, -0.05) is 0 Å². The first-order valence-electron chi connectivity index (χ1n) is 2.75. The maximum Gasteiger partial charge on any atom is 0.246 e. The third-order valence-electron chi connectivity index (χ3n) is 1.28. The van der Waals surface area contributed by atoms with Crippen molar-refractivity contribution >= 4 is 5.91 Å². The van der Waals surface area contributed by atoms with E-state index in [2.05, 4.69) is 5.32 Å². The summed E-state index contributed by atoms with van der Waals surface area (Å²) in [4.78, 5) is 10.6. The molecular weight excluding hydrogens is 118 g/mol. The number of amides is 1. The molecule has 0 aromatic rings. The molecule has 0 radical (unpaired) electrons. The molecule has 0 saturated carbocycles. The van der Waals surface area contributed by atoms with Gasteiger partial charge in [0.15, 0.2) is 6.23 Å². The monoisotopic (exact) mass is 127 g/mol. The van der Waals surface area contributed by atoms with Gasteiger partial charge in [-0.25, -0.2) is 0 Å². The Morgan fingerprint density at radius 3 is 2.67 bits per heavy atom. The summed E-state index contributed by atoms with van der Waals surface area (Å²) in [5, 5.41) is 2.60. The number of carbonyl (C=O) groups is 1. The first-order chi connectivity index (χ1) is 4.24. The van der Waals surface area contributed by atoms with Crippen LogP contribution in [-0.4, -0.2) is 19.2 Å². The van der Waals surface area contributed by atoms with Crippen LogP contribution in [0.3, 0.4) is 0 Å². The molecule has 1 amide bonds. The highest BCUT2D eigenvalue weighted by molar-refractivity contribution is 5.91. The van der Waals surface area contributed by atoms with Gasteiger partial charge in [0.05, 0.1) is 0 Å². The van der Waals surface area contributed by atoms with Crippen molar-refractivity contribution in [2.75, 3.05) is 7.11 Å². The number of hydrogen-bond acceptors (Lipinski definition) is 2. The maximum absolute atomic E-state index is 10.6. The average Bonchev–Trinajstić information content (AvgIpc) is 2.10. The van der Waals surface area contributed by atoms with Crippen molar-refractivity contribution in [2.45, 2.75) is 13.2 Å². The van der Waals surface area contributed by atoms with E-state index in [9.17, 15) is 4.79 Å². The minimum Gasteiger partial charge on any atom is -0.358 e. The predicted octanol–water partition coefficient (Wildman–Crippen LogP) is 0.0350. The second-order valence-corrected chi connectivity index (χ2v) is 2.01. The van der Waals surface area contributed by atoms with Crippen molar-refractivity contribution in [2.24, 2.45) is 0 Å². The van der Waals surface area contributed by atoms with E-state index in [-0.39, 0.29) is 12.1 Å². The molecule has 0 saturated heterocycles. The maximum atomic E-state index is 10.6. The van der Waals surface area contributed by atoms with Gasteiger partial charge in [-0.15, -0.1) is 0 Å². The van der Waals surface area contributed by atoms with Gasteiger partial charge in [0, 0.05) is 13.2 Å². The van der Waals surface area contributed by atoms with Crippen molar-refractivity contribution in [3.05, 3.63) is 11.6 Å². The summed E-state index contributed by atoms with van der Waals surface area (Å²) in [6.07, 6.45) is 1.34. The largest absolute Gasteiger partial charge is 0.358 e. The van der Waals surface area contributed by atoms with Crippen LogP contribution in [0, 0.1) is 0 Å². The Morgan fingerprint density at radius 2 is 2.44 bits per heavy atom. The Labute approximate surface area is 53.7 Å². The molecule has 0 aromatic carbocycles. The van der Waals surface area contributed by atoms with Gasteiger partial charge in [0.25, 0.3) is 0 Å². The zero-order valence-electron chi connectivity index (χ0n) is 5.47. The van der Waals surface area contributed by atoms with Crippen LogP contribution in [0.4, 0.5) is 0 Å². The van der Waals surface area contributed by atoms with Gasteiger partial charge in [-0.3, -0.25) is 4.79 Å². The molecule has 0 aromatic heterocycles. The predicted molar refractivity (Wildman–Crippen MR) is 32.7 cm³/mol. The average molecular weight is 127 g/mol. The molecule has 3 nitrogen and oxygen atoms in total. The van der Waals surface area contributed by atoms with Crippen molar-refractivity contribution in [1.82, 2.24) is 5.32 Å². The van der Waals surface area contributed by atoms with Crippen molar-refractivity contribution in [3.8, 4) is 0 Å². The van der Waals surface area contributed by atoms with E-state index >= 15 is 0 Å². The standard InChI is InChI=1S/C6H9NO2/c1-4-3-5(8)7-6(4)9-2/h3,6H,1-2H3,(H,7,8). The molecule has 0 spiro atoms. The van der Waals surface area contributed by atoms with Crippen LogP contribution in [0.2, 0.25) is 0 Å². The van der Waals surface area contributed by atoms with E-state index in [4.69, 9.17) is 4.74 Å². The van der Waals surface area contributed by atoms with E-state index in [0.29, 0.717) is 0 Å². The lowest BCUT2D eigenvalue weighted by molar-refractivity contribution is -0.117. The molecule has 0 aliphatic carbocycles. The fraction of sp³-hybridized carbons (Fsp3) is 0.500.